The Labute approximate surface area is 201 Å². The van der Waals surface area contributed by atoms with Crippen molar-refractivity contribution in [3.8, 4) is 0 Å². The molecule has 2 aliphatic rings. The minimum atomic E-state index is -0.641. The molecule has 1 aliphatic carbocycles. The van der Waals surface area contributed by atoms with Crippen LogP contribution in [-0.4, -0.2) is 46.6 Å². The van der Waals surface area contributed by atoms with Crippen LogP contribution in [0.1, 0.15) is 62.7 Å². The largest absolute Gasteiger partial charge is 0.453 e. The molecule has 2 amide bonds. The zero-order valence-corrected chi connectivity index (χ0v) is 20.3. The van der Waals surface area contributed by atoms with Crippen LogP contribution in [-0.2, 0) is 9.53 Å². The maximum Gasteiger partial charge on any atom is 0.407 e. The Morgan fingerprint density at radius 1 is 1.24 bits per heavy atom. The van der Waals surface area contributed by atoms with E-state index in [2.05, 4.69) is 64.7 Å². The van der Waals surface area contributed by atoms with Crippen molar-refractivity contribution in [1.82, 2.24) is 20.2 Å². The van der Waals surface area contributed by atoms with E-state index in [9.17, 15) is 9.59 Å². The van der Waals surface area contributed by atoms with Crippen molar-refractivity contribution < 1.29 is 14.3 Å². The number of hydrogen-bond donors (Lipinski definition) is 2. The Morgan fingerprint density at radius 3 is 2.65 bits per heavy atom. The lowest BCUT2D eigenvalue weighted by Gasteiger charge is -2.30. The number of allylic oxidation sites excluding steroid dienone is 4. The summed E-state index contributed by atoms with van der Waals surface area (Å²) in [5.41, 5.74) is 3.50. The van der Waals surface area contributed by atoms with E-state index in [1.165, 1.54) is 18.2 Å². The number of aromatic amines is 1. The van der Waals surface area contributed by atoms with Crippen LogP contribution in [0.5, 0.6) is 0 Å². The molecule has 4 atom stereocenters. The average molecular weight is 463 g/mol. The summed E-state index contributed by atoms with van der Waals surface area (Å²) >= 11 is 0. The molecule has 180 valence electrons. The van der Waals surface area contributed by atoms with E-state index in [1.54, 1.807) is 0 Å². The first-order chi connectivity index (χ1) is 16.4. The van der Waals surface area contributed by atoms with Gasteiger partial charge in [0, 0.05) is 24.4 Å². The lowest BCUT2D eigenvalue weighted by Crippen LogP contribution is -2.51. The molecule has 0 radical (unpaired) electrons. The number of alkyl carbamates (subject to hydrolysis) is 1. The van der Waals surface area contributed by atoms with E-state index >= 15 is 0 Å². The first-order valence-corrected chi connectivity index (χ1v) is 12.0. The van der Waals surface area contributed by atoms with Gasteiger partial charge in [-0.2, -0.15) is 0 Å². The number of nitrogens with zero attached hydrogens (tertiary/aromatic N) is 2. The van der Waals surface area contributed by atoms with Crippen LogP contribution in [0.15, 0.2) is 54.8 Å². The Balaban J connectivity index is 1.48. The molecule has 2 aromatic rings. The number of imidazole rings is 1. The standard InChI is InChI=1S/C27H34N4O3/c1-17(2)24(30-27(33)34-4)26(32)31-16-18(3)14-23(31)25-28-15-22(29-25)21-12-10-20(11-13-21)19-8-6-5-7-9-19/h5-12,15,17-18,21,23-24H,13-14,16H2,1-4H3,(H,28,29)(H,30,33). The zero-order chi connectivity index (χ0) is 24.2. The number of aromatic nitrogens is 2. The second kappa shape index (κ2) is 10.3. The predicted octanol–water partition coefficient (Wildman–Crippen LogP) is 4.83. The maximum atomic E-state index is 13.4. The number of nitrogens with one attached hydrogen (secondary N) is 2. The molecule has 0 saturated carbocycles. The van der Waals surface area contributed by atoms with Gasteiger partial charge in [0.05, 0.1) is 13.2 Å². The van der Waals surface area contributed by atoms with Crippen LogP contribution in [0.25, 0.3) is 5.57 Å². The molecular formula is C27H34N4O3. The molecule has 1 fully saturated rings. The SMILES string of the molecule is COC(=O)NC(C(=O)N1CC(C)CC1c1ncc(C2C=CC(c3ccccc3)=CC2)[nH]1)C(C)C. The third-order valence-electron chi connectivity index (χ3n) is 6.72. The number of benzene rings is 1. The van der Waals surface area contributed by atoms with E-state index in [4.69, 9.17) is 4.74 Å². The minimum absolute atomic E-state index is 0.0618. The monoisotopic (exact) mass is 462 g/mol. The Kier molecular flexibility index (Phi) is 7.20. The summed E-state index contributed by atoms with van der Waals surface area (Å²) in [6.07, 6.45) is 9.68. The van der Waals surface area contributed by atoms with Gasteiger partial charge >= 0.3 is 6.09 Å². The molecule has 1 aromatic carbocycles. The number of rotatable bonds is 6. The van der Waals surface area contributed by atoms with E-state index in [0.29, 0.717) is 12.5 Å². The molecule has 1 aromatic heterocycles. The number of ether oxygens (including phenoxy) is 1. The molecule has 2 N–H and O–H groups in total. The molecule has 7 heteroatoms. The second-order valence-electron chi connectivity index (χ2n) is 9.66. The van der Waals surface area contributed by atoms with Crippen molar-refractivity contribution >= 4 is 17.6 Å². The Hall–Kier alpha value is -3.35. The van der Waals surface area contributed by atoms with Crippen molar-refractivity contribution in [3.05, 3.63) is 71.8 Å². The number of likely N-dealkylation sites (tertiary alicyclic amines) is 1. The minimum Gasteiger partial charge on any atom is -0.453 e. The van der Waals surface area contributed by atoms with Gasteiger partial charge in [-0.3, -0.25) is 4.79 Å². The van der Waals surface area contributed by atoms with Gasteiger partial charge in [0.15, 0.2) is 0 Å². The molecule has 7 nitrogen and oxygen atoms in total. The summed E-state index contributed by atoms with van der Waals surface area (Å²) in [6, 6.07) is 9.60. The Bertz CT molecular complexity index is 1070. The summed E-state index contributed by atoms with van der Waals surface area (Å²) in [5, 5.41) is 2.71. The van der Waals surface area contributed by atoms with E-state index in [1.807, 2.05) is 31.0 Å². The van der Waals surface area contributed by atoms with Crippen molar-refractivity contribution in [2.24, 2.45) is 11.8 Å². The van der Waals surface area contributed by atoms with Crippen molar-refractivity contribution in [2.45, 2.75) is 51.6 Å². The topological polar surface area (TPSA) is 87.3 Å². The van der Waals surface area contributed by atoms with Gasteiger partial charge in [-0.1, -0.05) is 69.3 Å². The first kappa shape index (κ1) is 23.8. The third kappa shape index (κ3) is 5.08. The maximum absolute atomic E-state index is 13.4. The van der Waals surface area contributed by atoms with Crippen molar-refractivity contribution in [2.75, 3.05) is 13.7 Å². The first-order valence-electron chi connectivity index (χ1n) is 12.0. The predicted molar refractivity (Wildman–Crippen MR) is 132 cm³/mol. The fourth-order valence-corrected chi connectivity index (χ4v) is 4.83. The third-order valence-corrected chi connectivity index (χ3v) is 6.72. The molecule has 34 heavy (non-hydrogen) atoms. The van der Waals surface area contributed by atoms with Crippen LogP contribution in [0.3, 0.4) is 0 Å². The molecule has 0 spiro atoms. The number of amides is 2. The van der Waals surface area contributed by atoms with E-state index in [-0.39, 0.29) is 23.8 Å². The van der Waals surface area contributed by atoms with Crippen molar-refractivity contribution in [3.63, 3.8) is 0 Å². The summed E-state index contributed by atoms with van der Waals surface area (Å²) in [5.74, 6) is 1.22. The second-order valence-corrected chi connectivity index (χ2v) is 9.66. The highest BCUT2D eigenvalue weighted by Gasteiger charge is 2.40. The number of carbonyl (C=O) groups is 2. The number of methoxy groups -OCH3 is 1. The van der Waals surface area contributed by atoms with Crippen LogP contribution >= 0.6 is 0 Å². The number of hydrogen-bond acceptors (Lipinski definition) is 4. The summed E-state index contributed by atoms with van der Waals surface area (Å²) in [4.78, 5) is 35.3. The lowest BCUT2D eigenvalue weighted by molar-refractivity contribution is -0.135. The molecule has 1 aliphatic heterocycles. The lowest BCUT2D eigenvalue weighted by atomic mass is 9.91. The van der Waals surface area contributed by atoms with Crippen molar-refractivity contribution in [1.29, 1.82) is 0 Å². The van der Waals surface area contributed by atoms with E-state index < -0.39 is 12.1 Å². The fourth-order valence-electron chi connectivity index (χ4n) is 4.83. The van der Waals surface area contributed by atoms with Gasteiger partial charge in [-0.05, 0) is 35.8 Å². The summed E-state index contributed by atoms with van der Waals surface area (Å²) in [7, 11) is 1.31. The summed E-state index contributed by atoms with van der Waals surface area (Å²) < 4.78 is 4.73. The van der Waals surface area contributed by atoms with Crippen LogP contribution in [0.4, 0.5) is 4.79 Å². The Morgan fingerprint density at radius 2 is 2.00 bits per heavy atom. The highest BCUT2D eigenvalue weighted by Crippen LogP contribution is 2.36. The quantitative estimate of drug-likeness (QED) is 0.644. The molecule has 4 unspecified atom stereocenters. The van der Waals surface area contributed by atoms with Gasteiger partial charge in [-0.15, -0.1) is 0 Å². The molecule has 1 saturated heterocycles. The number of H-pyrrole nitrogens is 1. The van der Waals surface area contributed by atoms with Gasteiger partial charge in [-0.25, -0.2) is 9.78 Å². The van der Waals surface area contributed by atoms with E-state index in [0.717, 1.165) is 24.4 Å². The van der Waals surface area contributed by atoms with Gasteiger partial charge in [0.2, 0.25) is 5.91 Å². The number of carbonyl (C=O) groups excluding carboxylic acids is 2. The molecule has 0 bridgehead atoms. The highest BCUT2D eigenvalue weighted by atomic mass is 16.5. The summed E-state index contributed by atoms with van der Waals surface area (Å²) in [6.45, 7) is 6.62. The highest BCUT2D eigenvalue weighted by molar-refractivity contribution is 5.86. The molecule has 2 heterocycles. The van der Waals surface area contributed by atoms with Crippen LogP contribution in [0, 0.1) is 11.8 Å². The average Bonchev–Trinajstić information content (AvgIpc) is 3.49. The normalized spacial score (nSPS) is 23.0. The van der Waals surface area contributed by atoms with Gasteiger partial charge in [0.25, 0.3) is 0 Å². The van der Waals surface area contributed by atoms with Gasteiger partial charge in [0.1, 0.15) is 11.9 Å². The van der Waals surface area contributed by atoms with Crippen LogP contribution in [0.2, 0.25) is 0 Å². The van der Waals surface area contributed by atoms with Crippen LogP contribution < -0.4 is 5.32 Å². The van der Waals surface area contributed by atoms with Gasteiger partial charge < -0.3 is 19.9 Å². The fraction of sp³-hybridized carbons (Fsp3) is 0.444. The molecular weight excluding hydrogens is 428 g/mol. The molecule has 4 rings (SSSR count). The smallest absolute Gasteiger partial charge is 0.407 e. The zero-order valence-electron chi connectivity index (χ0n) is 20.3.